The molecular formula is C46H86NO7P. The van der Waals surface area contributed by atoms with E-state index in [2.05, 4.69) is 62.5 Å². The lowest BCUT2D eigenvalue weighted by atomic mass is 10.1. The van der Waals surface area contributed by atoms with Gasteiger partial charge in [0.2, 0.25) is 0 Å². The fourth-order valence-corrected chi connectivity index (χ4v) is 6.64. The van der Waals surface area contributed by atoms with Gasteiger partial charge in [0.05, 0.1) is 34.4 Å². The van der Waals surface area contributed by atoms with Crippen molar-refractivity contribution in [3.05, 3.63) is 48.6 Å². The number of ether oxygens (including phenoxy) is 2. The van der Waals surface area contributed by atoms with Gasteiger partial charge in [-0.25, -0.2) is 0 Å². The van der Waals surface area contributed by atoms with E-state index in [4.69, 9.17) is 18.5 Å². The molecule has 0 aliphatic heterocycles. The Bertz CT molecular complexity index is 1020. The molecule has 322 valence electrons. The van der Waals surface area contributed by atoms with Crippen molar-refractivity contribution < 1.29 is 37.3 Å². The second kappa shape index (κ2) is 39.3. The first-order chi connectivity index (χ1) is 26.6. The molecule has 2 atom stereocenters. The number of nitrogens with zero attached hydrogens (tertiary/aromatic N) is 1. The van der Waals surface area contributed by atoms with Crippen molar-refractivity contribution >= 4 is 13.8 Å². The molecule has 0 heterocycles. The Hall–Kier alpha value is -1.54. The molecule has 0 radical (unpaired) electrons. The summed E-state index contributed by atoms with van der Waals surface area (Å²) in [5.41, 5.74) is 0. The predicted molar refractivity (Wildman–Crippen MR) is 231 cm³/mol. The van der Waals surface area contributed by atoms with Crippen LogP contribution in [0.5, 0.6) is 0 Å². The molecule has 0 fully saturated rings. The lowest BCUT2D eigenvalue weighted by molar-refractivity contribution is -0.870. The topological polar surface area (TPSA) is 94.1 Å². The summed E-state index contributed by atoms with van der Waals surface area (Å²) in [5.74, 6) is -0.347. The van der Waals surface area contributed by atoms with Crippen molar-refractivity contribution in [1.82, 2.24) is 0 Å². The Labute approximate surface area is 339 Å². The van der Waals surface area contributed by atoms with Crippen LogP contribution in [0.2, 0.25) is 0 Å². The average molecular weight is 796 g/mol. The van der Waals surface area contributed by atoms with Crippen LogP contribution in [0, 0.1) is 0 Å². The Morgan fingerprint density at radius 1 is 0.582 bits per heavy atom. The van der Waals surface area contributed by atoms with Gasteiger partial charge >= 0.3 is 5.97 Å². The summed E-state index contributed by atoms with van der Waals surface area (Å²) >= 11 is 0. The van der Waals surface area contributed by atoms with Crippen LogP contribution < -0.4 is 4.89 Å². The molecule has 9 heteroatoms. The van der Waals surface area contributed by atoms with Gasteiger partial charge in [0.25, 0.3) is 7.82 Å². The van der Waals surface area contributed by atoms with E-state index >= 15 is 0 Å². The monoisotopic (exact) mass is 796 g/mol. The number of hydrogen-bond acceptors (Lipinski definition) is 7. The third-order valence-corrected chi connectivity index (χ3v) is 10.3. The molecule has 0 spiro atoms. The van der Waals surface area contributed by atoms with E-state index < -0.39 is 13.9 Å². The lowest BCUT2D eigenvalue weighted by Crippen LogP contribution is -2.37. The van der Waals surface area contributed by atoms with Crippen molar-refractivity contribution in [3.63, 3.8) is 0 Å². The minimum atomic E-state index is -4.53. The highest BCUT2D eigenvalue weighted by atomic mass is 31.2. The molecule has 0 saturated carbocycles. The first-order valence-electron chi connectivity index (χ1n) is 22.4. The van der Waals surface area contributed by atoms with Crippen molar-refractivity contribution in [1.29, 1.82) is 0 Å². The molecule has 0 aromatic heterocycles. The maximum absolute atomic E-state index is 12.7. The van der Waals surface area contributed by atoms with Gasteiger partial charge < -0.3 is 27.9 Å². The second-order valence-corrected chi connectivity index (χ2v) is 17.4. The molecule has 0 aromatic carbocycles. The molecule has 0 aliphatic carbocycles. The lowest BCUT2D eigenvalue weighted by Gasteiger charge is -2.28. The van der Waals surface area contributed by atoms with Gasteiger partial charge in [-0.2, -0.15) is 0 Å². The van der Waals surface area contributed by atoms with Crippen LogP contribution in [-0.4, -0.2) is 70.7 Å². The average Bonchev–Trinajstić information content (AvgIpc) is 3.13. The molecular weight excluding hydrogens is 709 g/mol. The molecule has 0 saturated heterocycles. The second-order valence-electron chi connectivity index (χ2n) is 16.0. The minimum Gasteiger partial charge on any atom is -0.756 e. The summed E-state index contributed by atoms with van der Waals surface area (Å²) in [7, 11) is 1.34. The number of carbonyl (C=O) groups is 1. The number of hydrogen-bond donors (Lipinski definition) is 0. The Morgan fingerprint density at radius 3 is 1.60 bits per heavy atom. The van der Waals surface area contributed by atoms with Gasteiger partial charge in [0.15, 0.2) is 0 Å². The molecule has 0 amide bonds. The third kappa shape index (κ3) is 43.4. The number of carbonyl (C=O) groups excluding carboxylic acids is 1. The standard InChI is InChI=1S/C46H86NO7P/c1-6-8-10-12-14-16-18-20-22-24-25-27-29-31-33-35-37-39-46(48)54-45(44-53-55(49,50)52-42-40-47(3,4)5)43-51-41-38-36-34-32-30-28-26-23-21-19-17-15-13-11-9-7-2/h8,10,14,16,20-23,45H,6-7,9,11-13,15,17-19,24-44H2,1-5H3/b10-8-,16-14-,22-20-,23-21-. The van der Waals surface area contributed by atoms with Gasteiger partial charge in [-0.3, -0.25) is 9.36 Å². The smallest absolute Gasteiger partial charge is 0.306 e. The number of esters is 1. The number of phosphoric ester groups is 1. The Balaban J connectivity index is 4.25. The van der Waals surface area contributed by atoms with E-state index in [1.54, 1.807) is 0 Å². The highest BCUT2D eigenvalue weighted by molar-refractivity contribution is 7.45. The molecule has 0 bridgehead atoms. The summed E-state index contributed by atoms with van der Waals surface area (Å²) in [5, 5.41) is 0. The normalized spacial score (nSPS) is 14.2. The third-order valence-electron chi connectivity index (χ3n) is 9.36. The van der Waals surface area contributed by atoms with Crippen LogP contribution in [0.4, 0.5) is 0 Å². The largest absolute Gasteiger partial charge is 0.756 e. The number of phosphoric acid groups is 1. The zero-order chi connectivity index (χ0) is 40.6. The van der Waals surface area contributed by atoms with E-state index in [1.807, 2.05) is 21.1 Å². The quantitative estimate of drug-likeness (QED) is 0.0200. The zero-order valence-corrected chi connectivity index (χ0v) is 37.3. The molecule has 0 rings (SSSR count). The molecule has 8 nitrogen and oxygen atoms in total. The summed E-state index contributed by atoms with van der Waals surface area (Å²) in [6, 6.07) is 0. The van der Waals surface area contributed by atoms with Gasteiger partial charge in [-0.1, -0.05) is 152 Å². The van der Waals surface area contributed by atoms with Gasteiger partial charge in [0, 0.05) is 13.0 Å². The number of rotatable bonds is 41. The highest BCUT2D eigenvalue weighted by Crippen LogP contribution is 2.38. The number of quaternary nitrogens is 1. The number of likely N-dealkylation sites (N-methyl/N-ethyl adjacent to an activating group) is 1. The molecule has 0 aliphatic rings. The molecule has 0 aromatic rings. The summed E-state index contributed by atoms with van der Waals surface area (Å²) in [4.78, 5) is 25.1. The Morgan fingerprint density at radius 2 is 1.05 bits per heavy atom. The van der Waals surface area contributed by atoms with Crippen LogP contribution in [0.25, 0.3) is 0 Å². The molecule has 2 unspecified atom stereocenters. The van der Waals surface area contributed by atoms with E-state index in [0.717, 1.165) is 57.8 Å². The summed E-state index contributed by atoms with van der Waals surface area (Å²) < 4.78 is 34.6. The SMILES string of the molecule is CC/C=C\C/C=C\C/C=C\CCCCCCCCCC(=O)OC(COCCCCCCCC/C=C\CCCCCCCC)COP(=O)([O-])OCC[N+](C)(C)C. The minimum absolute atomic E-state index is 0.0215. The van der Waals surface area contributed by atoms with Crippen LogP contribution in [0.15, 0.2) is 48.6 Å². The van der Waals surface area contributed by atoms with E-state index in [0.29, 0.717) is 24.1 Å². The summed E-state index contributed by atoms with van der Waals surface area (Å²) in [6.07, 6.45) is 46.9. The van der Waals surface area contributed by atoms with E-state index in [1.165, 1.54) is 103 Å². The predicted octanol–water partition coefficient (Wildman–Crippen LogP) is 12.5. The number of unbranched alkanes of at least 4 members (excludes halogenated alkanes) is 19. The fraction of sp³-hybridized carbons (Fsp3) is 0.804. The maximum Gasteiger partial charge on any atom is 0.306 e. The van der Waals surface area contributed by atoms with Crippen molar-refractivity contribution in [2.75, 3.05) is 54.1 Å². The van der Waals surface area contributed by atoms with Crippen molar-refractivity contribution in [2.45, 2.75) is 187 Å². The molecule has 0 N–H and O–H groups in total. The maximum atomic E-state index is 12.7. The zero-order valence-electron chi connectivity index (χ0n) is 36.4. The Kier molecular flexibility index (Phi) is 38.2. The summed E-state index contributed by atoms with van der Waals surface area (Å²) in [6.45, 7) is 5.27. The van der Waals surface area contributed by atoms with Gasteiger partial charge in [0.1, 0.15) is 19.3 Å². The first-order valence-corrected chi connectivity index (χ1v) is 23.8. The van der Waals surface area contributed by atoms with E-state index in [-0.39, 0.29) is 25.8 Å². The highest BCUT2D eigenvalue weighted by Gasteiger charge is 2.20. The van der Waals surface area contributed by atoms with Crippen LogP contribution in [0.3, 0.4) is 0 Å². The van der Waals surface area contributed by atoms with Crippen molar-refractivity contribution in [2.24, 2.45) is 0 Å². The first kappa shape index (κ1) is 53.5. The number of allylic oxidation sites excluding steroid dienone is 8. The van der Waals surface area contributed by atoms with Crippen molar-refractivity contribution in [3.8, 4) is 0 Å². The molecule has 55 heavy (non-hydrogen) atoms. The fourth-order valence-electron chi connectivity index (χ4n) is 5.91. The van der Waals surface area contributed by atoms with Crippen LogP contribution >= 0.6 is 7.82 Å². The van der Waals surface area contributed by atoms with Crippen LogP contribution in [0.1, 0.15) is 181 Å². The van der Waals surface area contributed by atoms with Gasteiger partial charge in [-0.05, 0) is 70.6 Å². The van der Waals surface area contributed by atoms with E-state index in [9.17, 15) is 14.3 Å². The van der Waals surface area contributed by atoms with Crippen LogP contribution in [-0.2, 0) is 27.9 Å². The van der Waals surface area contributed by atoms with Gasteiger partial charge in [-0.15, -0.1) is 0 Å².